The Morgan fingerprint density at radius 1 is 0.917 bits per heavy atom. The first-order valence-electron chi connectivity index (χ1n) is 13.1. The van der Waals surface area contributed by atoms with Crippen molar-refractivity contribution in [2.75, 3.05) is 0 Å². The van der Waals surface area contributed by atoms with Gasteiger partial charge in [0.1, 0.15) is 0 Å². The molecule has 4 aromatic rings. The molecule has 0 unspecified atom stereocenters. The van der Waals surface area contributed by atoms with Gasteiger partial charge in [0.25, 0.3) is 5.56 Å². The van der Waals surface area contributed by atoms with Gasteiger partial charge in [-0.3, -0.25) is 9.36 Å². The Morgan fingerprint density at radius 3 is 2.50 bits per heavy atom. The quantitative estimate of drug-likeness (QED) is 0.218. The molecule has 0 N–H and O–H groups in total. The van der Waals surface area contributed by atoms with E-state index in [1.165, 1.54) is 36.0 Å². The summed E-state index contributed by atoms with van der Waals surface area (Å²) in [4.78, 5) is 20.0. The molecule has 2 aliphatic carbocycles. The average Bonchev–Trinajstić information content (AvgIpc) is 2.88. The molecular weight excluding hydrogens is 460 g/mol. The Labute approximate surface area is 217 Å². The van der Waals surface area contributed by atoms with Crippen molar-refractivity contribution < 1.29 is 0 Å². The Balaban J connectivity index is 1.59. The third kappa shape index (κ3) is 4.02. The Morgan fingerprint density at radius 2 is 1.69 bits per heavy atom. The topological polar surface area (TPSA) is 34.9 Å². The van der Waals surface area contributed by atoms with Crippen LogP contribution in [0.1, 0.15) is 59.9 Å². The van der Waals surface area contributed by atoms with E-state index in [0.29, 0.717) is 0 Å². The highest BCUT2D eigenvalue weighted by Crippen LogP contribution is 2.49. The molecule has 3 aromatic carbocycles. The van der Waals surface area contributed by atoms with Crippen LogP contribution in [0.3, 0.4) is 0 Å². The molecule has 1 heterocycles. The lowest BCUT2D eigenvalue weighted by atomic mass is 9.62. The lowest BCUT2D eigenvalue weighted by Crippen LogP contribution is -2.42. The highest BCUT2D eigenvalue weighted by molar-refractivity contribution is 7.98. The van der Waals surface area contributed by atoms with E-state index in [2.05, 4.69) is 74.5 Å². The molecular formula is C32H32N2OS. The molecule has 0 saturated heterocycles. The summed E-state index contributed by atoms with van der Waals surface area (Å²) >= 11 is 1.66. The molecule has 0 amide bonds. The van der Waals surface area contributed by atoms with Gasteiger partial charge in [0.2, 0.25) is 0 Å². The summed E-state index contributed by atoms with van der Waals surface area (Å²) in [6, 6.07) is 25.3. The second-order valence-electron chi connectivity index (χ2n) is 10.5. The van der Waals surface area contributed by atoms with E-state index in [0.717, 1.165) is 58.2 Å². The number of thioether (sulfide) groups is 1. The van der Waals surface area contributed by atoms with Crippen molar-refractivity contribution in [3.63, 3.8) is 0 Å². The molecule has 2 aliphatic rings. The minimum Gasteiger partial charge on any atom is -0.268 e. The maximum absolute atomic E-state index is 14.6. The molecule has 3 nitrogen and oxygen atoms in total. The monoisotopic (exact) mass is 492 g/mol. The smallest absolute Gasteiger partial charge is 0.263 e. The van der Waals surface area contributed by atoms with E-state index < -0.39 is 0 Å². The first-order valence-corrected chi connectivity index (χ1v) is 14.0. The molecule has 1 fully saturated rings. The third-order valence-corrected chi connectivity index (χ3v) is 9.06. The molecule has 36 heavy (non-hydrogen) atoms. The number of nitrogens with zero attached hydrogens (tertiary/aromatic N) is 2. The number of fused-ring (bicyclic) bond motifs is 4. The zero-order valence-electron chi connectivity index (χ0n) is 21.1. The third-order valence-electron chi connectivity index (χ3n) is 8.07. The Bertz CT molecular complexity index is 1500. The van der Waals surface area contributed by atoms with Gasteiger partial charge in [-0.25, -0.2) is 4.98 Å². The molecule has 1 aromatic heterocycles. The molecule has 4 heteroatoms. The second-order valence-corrected chi connectivity index (χ2v) is 11.4. The van der Waals surface area contributed by atoms with E-state index in [-0.39, 0.29) is 11.0 Å². The van der Waals surface area contributed by atoms with E-state index in [1.54, 1.807) is 11.8 Å². The normalized spacial score (nSPS) is 15.9. The number of hydrogen-bond donors (Lipinski definition) is 0. The Hall–Kier alpha value is -3.11. The van der Waals surface area contributed by atoms with E-state index >= 15 is 0 Å². The molecule has 0 aliphatic heterocycles. The number of rotatable bonds is 4. The average molecular weight is 493 g/mol. The van der Waals surface area contributed by atoms with Crippen molar-refractivity contribution in [2.45, 2.75) is 68.7 Å². The van der Waals surface area contributed by atoms with Crippen LogP contribution in [0.4, 0.5) is 0 Å². The standard InChI is InChI=1S/C32H32N2OS/c1-22-11-10-15-26(19-22)34-30(35)28-29(33-31(34)36-21-25-14-5-4-12-23(25)2)27-16-7-6-13-24(27)20-32(28)17-8-3-9-18-32/h4-7,10-16,19H,3,8-9,17-18,20-21H2,1-2H3. The summed E-state index contributed by atoms with van der Waals surface area (Å²) in [6.45, 7) is 4.23. The molecule has 0 atom stereocenters. The van der Waals surface area contributed by atoms with Crippen LogP contribution in [0.5, 0.6) is 0 Å². The summed E-state index contributed by atoms with van der Waals surface area (Å²) in [5.41, 5.74) is 8.93. The number of aromatic nitrogens is 2. The fourth-order valence-corrected chi connectivity index (χ4v) is 7.28. The van der Waals surface area contributed by atoms with Crippen LogP contribution in [0.15, 0.2) is 82.7 Å². The van der Waals surface area contributed by atoms with E-state index in [9.17, 15) is 4.79 Å². The molecule has 182 valence electrons. The van der Waals surface area contributed by atoms with E-state index in [1.807, 2.05) is 16.7 Å². The maximum atomic E-state index is 14.6. The number of hydrogen-bond acceptors (Lipinski definition) is 3. The van der Waals surface area contributed by atoms with Gasteiger partial charge in [-0.2, -0.15) is 0 Å². The van der Waals surface area contributed by atoms with E-state index in [4.69, 9.17) is 4.98 Å². The van der Waals surface area contributed by atoms with Crippen molar-refractivity contribution in [3.05, 3.63) is 111 Å². The molecule has 1 saturated carbocycles. The largest absolute Gasteiger partial charge is 0.268 e. The van der Waals surface area contributed by atoms with Crippen molar-refractivity contribution >= 4 is 11.8 Å². The summed E-state index contributed by atoms with van der Waals surface area (Å²) < 4.78 is 1.90. The van der Waals surface area contributed by atoms with Crippen LogP contribution in [-0.2, 0) is 17.6 Å². The van der Waals surface area contributed by atoms with Gasteiger partial charge < -0.3 is 0 Å². The highest BCUT2D eigenvalue weighted by Gasteiger charge is 2.43. The van der Waals surface area contributed by atoms with Gasteiger partial charge in [-0.1, -0.05) is 91.7 Å². The molecule has 0 radical (unpaired) electrons. The van der Waals surface area contributed by atoms with Gasteiger partial charge in [0.15, 0.2) is 5.16 Å². The van der Waals surface area contributed by atoms with Gasteiger partial charge in [-0.15, -0.1) is 0 Å². The number of aryl methyl sites for hydroxylation is 2. The summed E-state index contributed by atoms with van der Waals surface area (Å²) in [5, 5.41) is 0.773. The Kier molecular flexibility index (Phi) is 6.08. The predicted octanol–water partition coefficient (Wildman–Crippen LogP) is 7.57. The fourth-order valence-electron chi connectivity index (χ4n) is 6.19. The molecule has 6 rings (SSSR count). The lowest BCUT2D eigenvalue weighted by molar-refractivity contribution is 0.283. The SMILES string of the molecule is Cc1cccc(-n2c(SCc3ccccc3C)nc3c(c2=O)C2(CCCCC2)Cc2ccccc2-3)c1. The van der Waals surface area contributed by atoms with Crippen molar-refractivity contribution in [1.82, 2.24) is 9.55 Å². The summed E-state index contributed by atoms with van der Waals surface area (Å²) in [5.74, 6) is 0.774. The van der Waals surface area contributed by atoms with Crippen LogP contribution in [0, 0.1) is 13.8 Å². The molecule has 0 bridgehead atoms. The van der Waals surface area contributed by atoms with Crippen molar-refractivity contribution in [1.29, 1.82) is 0 Å². The van der Waals surface area contributed by atoms with Crippen LogP contribution >= 0.6 is 11.8 Å². The lowest BCUT2D eigenvalue weighted by Gasteiger charge is -2.42. The zero-order valence-corrected chi connectivity index (χ0v) is 21.9. The van der Waals surface area contributed by atoms with Crippen molar-refractivity contribution in [2.24, 2.45) is 0 Å². The fraction of sp³-hybridized carbons (Fsp3) is 0.312. The minimum atomic E-state index is -0.114. The van der Waals surface area contributed by atoms with Crippen LogP contribution in [0.25, 0.3) is 16.9 Å². The number of benzene rings is 3. The van der Waals surface area contributed by atoms with Crippen molar-refractivity contribution in [3.8, 4) is 16.9 Å². The van der Waals surface area contributed by atoms with Crippen LogP contribution in [-0.4, -0.2) is 9.55 Å². The maximum Gasteiger partial charge on any atom is 0.263 e. The summed E-state index contributed by atoms with van der Waals surface area (Å²) in [7, 11) is 0. The first-order chi connectivity index (χ1) is 17.6. The molecule has 1 spiro atoms. The van der Waals surface area contributed by atoms with Gasteiger partial charge in [-0.05, 0) is 67.5 Å². The van der Waals surface area contributed by atoms with Crippen LogP contribution < -0.4 is 5.56 Å². The first kappa shape index (κ1) is 23.3. The van der Waals surface area contributed by atoms with Gasteiger partial charge >= 0.3 is 0 Å². The van der Waals surface area contributed by atoms with Gasteiger partial charge in [0.05, 0.1) is 16.9 Å². The predicted molar refractivity (Wildman–Crippen MR) is 149 cm³/mol. The zero-order chi connectivity index (χ0) is 24.7. The second kappa shape index (κ2) is 9.40. The minimum absolute atomic E-state index is 0.114. The summed E-state index contributed by atoms with van der Waals surface area (Å²) in [6.07, 6.45) is 6.67. The highest BCUT2D eigenvalue weighted by atomic mass is 32.2. The van der Waals surface area contributed by atoms with Gasteiger partial charge in [0, 0.05) is 16.7 Å². The van der Waals surface area contributed by atoms with Crippen LogP contribution in [0.2, 0.25) is 0 Å².